The number of hydrogen-bond donors (Lipinski definition) is 0. The highest BCUT2D eigenvalue weighted by Crippen LogP contribution is 2.33. The number of ketones is 1. The van der Waals surface area contributed by atoms with Gasteiger partial charge in [0.15, 0.2) is 5.78 Å². The quantitative estimate of drug-likeness (QED) is 0.463. The number of ether oxygens (including phenoxy) is 1. The van der Waals surface area contributed by atoms with Crippen LogP contribution in [0.4, 0.5) is 0 Å². The van der Waals surface area contributed by atoms with Crippen molar-refractivity contribution in [2.45, 2.75) is 12.8 Å². The summed E-state index contributed by atoms with van der Waals surface area (Å²) in [7, 11) is 1.63. The van der Waals surface area contributed by atoms with Gasteiger partial charge in [0.2, 0.25) is 5.88 Å². The third-order valence-electron chi connectivity index (χ3n) is 5.39. The highest BCUT2D eigenvalue weighted by Gasteiger charge is 2.15. The number of benzene rings is 3. The highest BCUT2D eigenvalue weighted by molar-refractivity contribution is 6.11. The van der Waals surface area contributed by atoms with Crippen molar-refractivity contribution in [1.29, 1.82) is 0 Å². The van der Waals surface area contributed by atoms with Gasteiger partial charge in [-0.15, -0.1) is 0 Å². The smallest absolute Gasteiger partial charge is 0.214 e. The maximum Gasteiger partial charge on any atom is 0.214 e. The first-order chi connectivity index (χ1) is 13.7. The Morgan fingerprint density at radius 2 is 1.46 bits per heavy atom. The van der Waals surface area contributed by atoms with Gasteiger partial charge in [-0.25, -0.2) is 4.98 Å². The summed E-state index contributed by atoms with van der Waals surface area (Å²) >= 11 is 0. The zero-order valence-corrected chi connectivity index (χ0v) is 15.6. The van der Waals surface area contributed by atoms with Crippen LogP contribution in [0, 0.1) is 0 Å². The van der Waals surface area contributed by atoms with Crippen LogP contribution in [0.3, 0.4) is 0 Å². The normalized spacial score (nSPS) is 13.0. The fourth-order valence-corrected chi connectivity index (χ4v) is 3.90. The van der Waals surface area contributed by atoms with Gasteiger partial charge in [-0.3, -0.25) is 4.79 Å². The van der Waals surface area contributed by atoms with E-state index in [9.17, 15) is 4.79 Å². The fraction of sp³-hybridized carbons (Fsp3) is 0.120. The lowest BCUT2D eigenvalue weighted by Gasteiger charge is -2.11. The second-order valence-corrected chi connectivity index (χ2v) is 7.17. The van der Waals surface area contributed by atoms with Crippen LogP contribution in [0.15, 0.2) is 72.8 Å². The molecule has 1 aliphatic carbocycles. The highest BCUT2D eigenvalue weighted by atomic mass is 16.5. The number of carbonyl (C=O) groups excluding carboxylic acids is 1. The van der Waals surface area contributed by atoms with Gasteiger partial charge in [0, 0.05) is 22.6 Å². The van der Waals surface area contributed by atoms with Crippen molar-refractivity contribution < 1.29 is 9.53 Å². The van der Waals surface area contributed by atoms with Crippen molar-refractivity contribution in [2.24, 2.45) is 0 Å². The SMILES string of the molecule is COc1cc2c3cc(ccc3n1)C(=O)c1cccc(c1)CCc1cccc-2c1. The van der Waals surface area contributed by atoms with Crippen molar-refractivity contribution in [3.63, 3.8) is 0 Å². The van der Waals surface area contributed by atoms with Gasteiger partial charge in [0.05, 0.1) is 12.6 Å². The van der Waals surface area contributed by atoms with E-state index in [2.05, 4.69) is 35.3 Å². The van der Waals surface area contributed by atoms with Crippen LogP contribution >= 0.6 is 0 Å². The molecule has 5 rings (SSSR count). The van der Waals surface area contributed by atoms with Gasteiger partial charge in [-0.2, -0.15) is 0 Å². The van der Waals surface area contributed by atoms with E-state index in [4.69, 9.17) is 4.74 Å². The Morgan fingerprint density at radius 3 is 2.21 bits per heavy atom. The lowest BCUT2D eigenvalue weighted by atomic mass is 9.96. The molecule has 4 aromatic rings. The standard InChI is InChI=1S/C25H19NO2/c1-28-24-15-21-18-6-2-4-16(12-18)8-9-17-5-3-7-19(13-17)25(27)20-10-11-23(26-24)22(21)14-20/h2-7,10-15H,8-9H2,1H3. The minimum absolute atomic E-state index is 0.0384. The molecule has 0 spiro atoms. The second kappa shape index (κ2) is 6.61. The van der Waals surface area contributed by atoms with Gasteiger partial charge in [0.1, 0.15) is 0 Å². The first kappa shape index (κ1) is 16.7. The molecule has 0 amide bonds. The molecule has 3 nitrogen and oxygen atoms in total. The lowest BCUT2D eigenvalue weighted by molar-refractivity contribution is 0.103. The molecule has 0 N–H and O–H groups in total. The summed E-state index contributed by atoms with van der Waals surface area (Å²) in [4.78, 5) is 17.7. The maximum absolute atomic E-state index is 13.1. The Hall–Kier alpha value is -3.46. The Morgan fingerprint density at radius 1 is 0.786 bits per heavy atom. The van der Waals surface area contributed by atoms with E-state index < -0.39 is 0 Å². The number of carbonyl (C=O) groups is 1. The summed E-state index contributed by atoms with van der Waals surface area (Å²) < 4.78 is 5.42. The number of pyridine rings is 1. The molecule has 0 fully saturated rings. The van der Waals surface area contributed by atoms with E-state index >= 15 is 0 Å². The number of nitrogens with zero attached hydrogens (tertiary/aromatic N) is 1. The first-order valence-corrected chi connectivity index (χ1v) is 9.43. The topological polar surface area (TPSA) is 39.2 Å². The van der Waals surface area contributed by atoms with Crippen LogP contribution in [0.1, 0.15) is 27.0 Å². The van der Waals surface area contributed by atoms with E-state index in [0.717, 1.165) is 40.4 Å². The summed E-state index contributed by atoms with van der Waals surface area (Å²) in [6.07, 6.45) is 1.83. The molecule has 0 saturated heterocycles. The van der Waals surface area contributed by atoms with Gasteiger partial charge >= 0.3 is 0 Å². The molecule has 1 aliphatic rings. The van der Waals surface area contributed by atoms with Crippen molar-refractivity contribution >= 4 is 16.7 Å². The molecule has 3 heteroatoms. The zero-order valence-electron chi connectivity index (χ0n) is 15.6. The molecule has 1 heterocycles. The van der Waals surface area contributed by atoms with E-state index in [1.165, 1.54) is 11.1 Å². The first-order valence-electron chi connectivity index (χ1n) is 9.43. The number of aryl methyl sites for hydroxylation is 2. The third-order valence-corrected chi connectivity index (χ3v) is 5.39. The van der Waals surface area contributed by atoms with E-state index in [0.29, 0.717) is 11.4 Å². The lowest BCUT2D eigenvalue weighted by Crippen LogP contribution is -2.03. The predicted octanol–water partition coefficient (Wildman–Crippen LogP) is 5.24. The van der Waals surface area contributed by atoms with E-state index in [1.54, 1.807) is 7.11 Å². The summed E-state index contributed by atoms with van der Waals surface area (Å²) in [6, 6.07) is 24.2. The van der Waals surface area contributed by atoms with Crippen molar-refractivity contribution in [2.75, 3.05) is 7.11 Å². The van der Waals surface area contributed by atoms with Crippen LogP contribution in [0.25, 0.3) is 22.0 Å². The average molecular weight is 365 g/mol. The molecule has 3 aromatic carbocycles. The van der Waals surface area contributed by atoms with Gasteiger partial charge in [-0.05, 0) is 59.4 Å². The maximum atomic E-state index is 13.1. The molecule has 1 aromatic heterocycles. The summed E-state index contributed by atoms with van der Waals surface area (Å²) in [6.45, 7) is 0. The van der Waals surface area contributed by atoms with Crippen LogP contribution in [-0.4, -0.2) is 17.9 Å². The summed E-state index contributed by atoms with van der Waals surface area (Å²) in [5.41, 5.74) is 6.81. The van der Waals surface area contributed by atoms with E-state index in [-0.39, 0.29) is 5.78 Å². The Labute approximate surface area is 163 Å². The fourth-order valence-electron chi connectivity index (χ4n) is 3.90. The molecule has 0 aliphatic heterocycles. The molecule has 0 saturated carbocycles. The molecule has 28 heavy (non-hydrogen) atoms. The van der Waals surface area contributed by atoms with Crippen LogP contribution < -0.4 is 4.74 Å². The molecule has 6 bridgehead atoms. The summed E-state index contributed by atoms with van der Waals surface area (Å²) in [5.74, 6) is 0.611. The van der Waals surface area contributed by atoms with Crippen molar-refractivity contribution in [3.8, 4) is 17.0 Å². The van der Waals surface area contributed by atoms with Crippen LogP contribution in [0.5, 0.6) is 5.88 Å². The molecular formula is C25H19NO2. The number of aromatic nitrogens is 1. The van der Waals surface area contributed by atoms with Gasteiger partial charge in [-0.1, -0.05) is 42.5 Å². The molecular weight excluding hydrogens is 346 g/mol. The Kier molecular flexibility index (Phi) is 3.94. The van der Waals surface area contributed by atoms with Crippen molar-refractivity contribution in [3.05, 3.63) is 95.1 Å². The number of fused-ring (bicyclic) bond motifs is 6. The van der Waals surface area contributed by atoms with E-state index in [1.807, 2.05) is 42.5 Å². The molecule has 136 valence electrons. The van der Waals surface area contributed by atoms with Crippen LogP contribution in [-0.2, 0) is 12.8 Å². The monoisotopic (exact) mass is 365 g/mol. The minimum Gasteiger partial charge on any atom is -0.481 e. The largest absolute Gasteiger partial charge is 0.481 e. The van der Waals surface area contributed by atoms with Gasteiger partial charge < -0.3 is 4.74 Å². The van der Waals surface area contributed by atoms with Crippen LogP contribution in [0.2, 0.25) is 0 Å². The van der Waals surface area contributed by atoms with Crippen molar-refractivity contribution in [1.82, 2.24) is 4.98 Å². The second-order valence-electron chi connectivity index (χ2n) is 7.17. The number of methoxy groups -OCH3 is 1. The number of hydrogen-bond acceptors (Lipinski definition) is 3. The summed E-state index contributed by atoms with van der Waals surface area (Å²) in [5, 5.41) is 0.958. The zero-order chi connectivity index (χ0) is 19.1. The predicted molar refractivity (Wildman–Crippen MR) is 111 cm³/mol. The molecule has 0 atom stereocenters. The Balaban J connectivity index is 1.83. The third kappa shape index (κ3) is 2.85. The Bertz CT molecular complexity index is 1230. The minimum atomic E-state index is 0.0384. The number of rotatable bonds is 1. The molecule has 0 unspecified atom stereocenters. The molecule has 0 radical (unpaired) electrons. The van der Waals surface area contributed by atoms with Gasteiger partial charge in [0.25, 0.3) is 0 Å². The average Bonchev–Trinajstić information content (AvgIpc) is 2.76.